The third-order valence-corrected chi connectivity index (χ3v) is 9.60. The molecule has 5 heterocycles. The lowest BCUT2D eigenvalue weighted by Crippen LogP contribution is -2.31. The Kier molecular flexibility index (Phi) is 9.48. The number of benzene rings is 3. The second-order valence-corrected chi connectivity index (χ2v) is 13.2. The predicted octanol–water partition coefficient (Wildman–Crippen LogP) is 6.87. The molecule has 6 aromatic rings. The Morgan fingerprint density at radius 1 is 1.04 bits per heavy atom. The third kappa shape index (κ3) is 7.43. The molecule has 0 spiro atoms. The van der Waals surface area contributed by atoms with E-state index in [4.69, 9.17) is 33.3 Å². The van der Waals surface area contributed by atoms with Gasteiger partial charge in [0.1, 0.15) is 35.7 Å². The van der Waals surface area contributed by atoms with Gasteiger partial charge in [0, 0.05) is 43.6 Å². The number of fused-ring (bicyclic) bond motifs is 7. The summed E-state index contributed by atoms with van der Waals surface area (Å²) in [5, 5.41) is 19.6. The number of carboxylic acid groups (broad SMARTS) is 1. The van der Waals surface area contributed by atoms with Crippen LogP contribution in [0.1, 0.15) is 62.9 Å². The molecule has 8 rings (SSSR count). The highest BCUT2D eigenvalue weighted by Gasteiger charge is 2.25. The number of nitrogens with zero attached hydrogens (tertiary/aromatic N) is 5. The van der Waals surface area contributed by atoms with Gasteiger partial charge >= 0.3 is 5.97 Å². The summed E-state index contributed by atoms with van der Waals surface area (Å²) < 4.78 is 32.1. The SMILES string of the molecule is Cc1nc(CCOc2cc(C(=O)O)cc3c2nc(Cc2ccc4cc2OCCCc2cc(C#N)ccc2COc2cccc-4n2)n3CC2CCO2)co1. The molecule has 0 aliphatic carbocycles. The van der Waals surface area contributed by atoms with Gasteiger partial charge in [0.15, 0.2) is 5.89 Å². The number of aromatic nitrogens is 4. The predicted molar refractivity (Wildman–Crippen MR) is 193 cm³/mol. The third-order valence-electron chi connectivity index (χ3n) is 9.60. The molecule has 0 amide bonds. The zero-order chi connectivity index (χ0) is 36.3. The van der Waals surface area contributed by atoms with Crippen molar-refractivity contribution in [3.63, 3.8) is 0 Å². The van der Waals surface area contributed by atoms with Gasteiger partial charge in [0.25, 0.3) is 0 Å². The van der Waals surface area contributed by atoms with E-state index in [0.717, 1.165) is 52.3 Å². The minimum atomic E-state index is -1.06. The van der Waals surface area contributed by atoms with Crippen LogP contribution in [-0.4, -0.2) is 56.5 Å². The van der Waals surface area contributed by atoms with Gasteiger partial charge in [-0.05, 0) is 66.8 Å². The first-order valence-corrected chi connectivity index (χ1v) is 17.7. The van der Waals surface area contributed by atoms with Gasteiger partial charge in [0.2, 0.25) is 5.88 Å². The summed E-state index contributed by atoms with van der Waals surface area (Å²) in [4.78, 5) is 26.5. The number of hydrogen-bond donors (Lipinski definition) is 1. The molecular formula is C41H37N5O7. The largest absolute Gasteiger partial charge is 0.493 e. The van der Waals surface area contributed by atoms with Gasteiger partial charge in [-0.1, -0.05) is 24.3 Å². The van der Waals surface area contributed by atoms with Crippen molar-refractivity contribution >= 4 is 17.0 Å². The molecule has 12 nitrogen and oxygen atoms in total. The second kappa shape index (κ2) is 14.8. The molecule has 1 atom stereocenters. The van der Waals surface area contributed by atoms with Crippen molar-refractivity contribution in [3.8, 4) is 34.7 Å². The molecule has 1 unspecified atom stereocenters. The molecule has 0 saturated carbocycles. The number of rotatable bonds is 9. The van der Waals surface area contributed by atoms with Crippen LogP contribution < -0.4 is 14.2 Å². The molecule has 1 fully saturated rings. The van der Waals surface area contributed by atoms with E-state index in [2.05, 4.69) is 15.6 Å². The van der Waals surface area contributed by atoms with Gasteiger partial charge in [0.05, 0.1) is 60.0 Å². The summed E-state index contributed by atoms with van der Waals surface area (Å²) in [6.45, 7) is 4.03. The van der Waals surface area contributed by atoms with Gasteiger partial charge in [-0.3, -0.25) is 0 Å². The molecule has 1 N–H and O–H groups in total. The van der Waals surface area contributed by atoms with Crippen LogP contribution in [0.25, 0.3) is 22.3 Å². The Labute approximate surface area is 305 Å². The van der Waals surface area contributed by atoms with Gasteiger partial charge < -0.3 is 33.0 Å². The zero-order valence-corrected chi connectivity index (χ0v) is 29.2. The highest BCUT2D eigenvalue weighted by atomic mass is 16.5. The fraction of sp³-hybridized carbons (Fsp3) is 0.293. The van der Waals surface area contributed by atoms with Gasteiger partial charge in [-0.2, -0.15) is 5.26 Å². The Morgan fingerprint density at radius 3 is 2.74 bits per heavy atom. The van der Waals surface area contributed by atoms with E-state index >= 15 is 0 Å². The minimum Gasteiger partial charge on any atom is -0.493 e. The number of nitriles is 1. The van der Waals surface area contributed by atoms with Crippen LogP contribution in [0, 0.1) is 18.3 Å². The van der Waals surface area contributed by atoms with Crippen LogP contribution in [0.5, 0.6) is 17.4 Å². The fourth-order valence-electron chi connectivity index (χ4n) is 6.72. The molecular weight excluding hydrogens is 674 g/mol. The van der Waals surface area contributed by atoms with Gasteiger partial charge in [-0.15, -0.1) is 0 Å². The summed E-state index contributed by atoms with van der Waals surface area (Å²) in [6, 6.07) is 22.8. The van der Waals surface area contributed by atoms with Crippen molar-refractivity contribution in [3.05, 3.63) is 118 Å². The van der Waals surface area contributed by atoms with E-state index in [1.165, 1.54) is 6.07 Å². The summed E-state index contributed by atoms with van der Waals surface area (Å²) in [5.41, 5.74) is 7.27. The molecule has 4 bridgehead atoms. The first kappa shape index (κ1) is 33.9. The average Bonchev–Trinajstić information content (AvgIpc) is 3.73. The van der Waals surface area contributed by atoms with Crippen molar-refractivity contribution < 1.29 is 33.3 Å². The maximum atomic E-state index is 12.3. The fourth-order valence-corrected chi connectivity index (χ4v) is 6.72. The molecule has 0 radical (unpaired) electrons. The number of aromatic carboxylic acids is 1. The number of ether oxygens (including phenoxy) is 4. The quantitative estimate of drug-likeness (QED) is 0.167. The lowest BCUT2D eigenvalue weighted by atomic mass is 10.0. The Bertz CT molecular complexity index is 2350. The number of carbonyl (C=O) groups is 1. The minimum absolute atomic E-state index is 0.0129. The van der Waals surface area contributed by atoms with Crippen LogP contribution >= 0.6 is 0 Å². The Hall–Kier alpha value is -6.19. The van der Waals surface area contributed by atoms with Crippen molar-refractivity contribution in [2.24, 2.45) is 0 Å². The van der Waals surface area contributed by atoms with E-state index in [1.807, 2.05) is 54.6 Å². The lowest BCUT2D eigenvalue weighted by Gasteiger charge is -2.27. The number of aryl methyl sites for hydroxylation is 2. The molecule has 268 valence electrons. The average molecular weight is 712 g/mol. The molecule has 3 aromatic heterocycles. The molecule has 12 heteroatoms. The standard InChI is InChI=1S/C41H37N5O7/c1-25-43-32(24-52-25)11-14-51-37-19-31(41(47)48)17-35-40(37)45-38(46(35)22-33-12-15-49-33)20-29-10-9-28-18-36(29)50-13-3-4-27-16-26(21-42)7-8-30(27)23-53-39-6-2-5-34(28)44-39/h2,5-10,16-19,24,33H,3-4,11-15,20,22-23H2,1H3,(H,47,48). The van der Waals surface area contributed by atoms with E-state index < -0.39 is 5.97 Å². The smallest absolute Gasteiger partial charge is 0.335 e. The van der Waals surface area contributed by atoms with Crippen LogP contribution in [0.3, 0.4) is 0 Å². The topological polar surface area (TPSA) is 155 Å². The maximum Gasteiger partial charge on any atom is 0.335 e. The van der Waals surface area contributed by atoms with Crippen molar-refractivity contribution in [1.29, 1.82) is 5.26 Å². The highest BCUT2D eigenvalue weighted by molar-refractivity contribution is 5.95. The highest BCUT2D eigenvalue weighted by Crippen LogP contribution is 2.34. The number of imidazole rings is 1. The van der Waals surface area contributed by atoms with E-state index in [1.54, 1.807) is 19.3 Å². The molecule has 1 saturated heterocycles. The Balaban J connectivity index is 1.15. The number of carboxylic acids is 1. The van der Waals surface area contributed by atoms with E-state index in [0.29, 0.717) is 85.5 Å². The second-order valence-electron chi connectivity index (χ2n) is 13.2. The van der Waals surface area contributed by atoms with Crippen LogP contribution in [0.15, 0.2) is 77.4 Å². The molecule has 2 aliphatic heterocycles. The Morgan fingerprint density at radius 2 is 1.94 bits per heavy atom. The lowest BCUT2D eigenvalue weighted by molar-refractivity contribution is -0.0589. The van der Waals surface area contributed by atoms with E-state index in [-0.39, 0.29) is 18.3 Å². The molecule has 3 aromatic carbocycles. The molecule has 53 heavy (non-hydrogen) atoms. The zero-order valence-electron chi connectivity index (χ0n) is 29.2. The van der Waals surface area contributed by atoms with Crippen LogP contribution in [-0.2, 0) is 37.2 Å². The first-order valence-electron chi connectivity index (χ1n) is 17.7. The first-order chi connectivity index (χ1) is 25.9. The summed E-state index contributed by atoms with van der Waals surface area (Å²) in [6.07, 6.45) is 4.80. The number of hydrogen-bond acceptors (Lipinski definition) is 10. The summed E-state index contributed by atoms with van der Waals surface area (Å²) >= 11 is 0. The number of pyridine rings is 1. The van der Waals surface area contributed by atoms with Crippen molar-refractivity contribution in [2.45, 2.75) is 58.3 Å². The maximum absolute atomic E-state index is 12.3. The summed E-state index contributed by atoms with van der Waals surface area (Å²) in [7, 11) is 0. The summed E-state index contributed by atoms with van der Waals surface area (Å²) in [5.74, 6) is 1.83. The number of oxazole rings is 1. The molecule has 2 aliphatic rings. The van der Waals surface area contributed by atoms with Crippen molar-refractivity contribution in [1.82, 2.24) is 19.5 Å². The van der Waals surface area contributed by atoms with Crippen LogP contribution in [0.4, 0.5) is 0 Å². The normalized spacial score (nSPS) is 15.3. The van der Waals surface area contributed by atoms with Crippen molar-refractivity contribution in [2.75, 3.05) is 19.8 Å². The van der Waals surface area contributed by atoms with Crippen LogP contribution in [0.2, 0.25) is 0 Å². The monoisotopic (exact) mass is 711 g/mol. The van der Waals surface area contributed by atoms with E-state index in [9.17, 15) is 15.2 Å². The van der Waals surface area contributed by atoms with Gasteiger partial charge in [-0.25, -0.2) is 19.7 Å².